The third-order valence-corrected chi connectivity index (χ3v) is 4.98. The maximum Gasteiger partial charge on any atom is 0.116 e. The van der Waals surface area contributed by atoms with Crippen LogP contribution in [-0.4, -0.2) is 14.5 Å². The van der Waals surface area contributed by atoms with Crippen LogP contribution in [0.3, 0.4) is 0 Å². The molecule has 3 rings (SSSR count). The van der Waals surface area contributed by atoms with Crippen molar-refractivity contribution in [2.75, 3.05) is 0 Å². The van der Waals surface area contributed by atoms with E-state index in [9.17, 15) is 0 Å². The summed E-state index contributed by atoms with van der Waals surface area (Å²) in [6.07, 6.45) is 1.78. The summed E-state index contributed by atoms with van der Waals surface area (Å²) in [6.45, 7) is 5.06. The van der Waals surface area contributed by atoms with Crippen LogP contribution in [0.2, 0.25) is 0 Å². The van der Waals surface area contributed by atoms with Crippen LogP contribution in [0.25, 0.3) is 10.4 Å². The molecule has 0 saturated carbocycles. The summed E-state index contributed by atoms with van der Waals surface area (Å²) in [4.78, 5) is 13.3. The standard InChI is InChI=1S/C19H20N6S/c1-14(2)18-19(26-16-9-4-3-5-10-16)25(17(23-18)12-22-24-20)13-15-8-6-7-11-21-15/h3-11,14H,12-13H2,1-2H3. The van der Waals surface area contributed by atoms with E-state index in [-0.39, 0.29) is 12.5 Å². The average Bonchev–Trinajstić information content (AvgIpc) is 2.99. The van der Waals surface area contributed by atoms with E-state index < -0.39 is 0 Å². The Morgan fingerprint density at radius 1 is 1.15 bits per heavy atom. The second-order valence-electron chi connectivity index (χ2n) is 6.08. The molecule has 0 saturated heterocycles. The van der Waals surface area contributed by atoms with Crippen LogP contribution in [-0.2, 0) is 13.1 Å². The van der Waals surface area contributed by atoms with E-state index in [1.165, 1.54) is 0 Å². The number of hydrogen-bond acceptors (Lipinski definition) is 4. The quantitative estimate of drug-likeness (QED) is 0.319. The highest BCUT2D eigenvalue weighted by molar-refractivity contribution is 7.99. The Morgan fingerprint density at radius 2 is 1.92 bits per heavy atom. The third-order valence-electron chi connectivity index (χ3n) is 3.85. The Kier molecular flexibility index (Phi) is 5.94. The van der Waals surface area contributed by atoms with Crippen molar-refractivity contribution < 1.29 is 0 Å². The van der Waals surface area contributed by atoms with Gasteiger partial charge in [-0.05, 0) is 35.7 Å². The lowest BCUT2D eigenvalue weighted by molar-refractivity contribution is 0.656. The summed E-state index contributed by atoms with van der Waals surface area (Å²) in [7, 11) is 0. The molecule has 0 bridgehead atoms. The number of hydrogen-bond donors (Lipinski definition) is 0. The topological polar surface area (TPSA) is 79.5 Å². The first-order valence-electron chi connectivity index (χ1n) is 8.42. The summed E-state index contributed by atoms with van der Waals surface area (Å²) < 4.78 is 2.12. The van der Waals surface area contributed by atoms with Crippen molar-refractivity contribution >= 4 is 11.8 Å². The lowest BCUT2D eigenvalue weighted by Crippen LogP contribution is -2.07. The molecule has 0 aliphatic heterocycles. The Morgan fingerprint density at radius 3 is 2.58 bits per heavy atom. The largest absolute Gasteiger partial charge is 0.316 e. The number of rotatable bonds is 7. The minimum absolute atomic E-state index is 0.221. The highest BCUT2D eigenvalue weighted by atomic mass is 32.2. The molecular formula is C19H20N6S. The molecule has 0 radical (unpaired) electrons. The van der Waals surface area contributed by atoms with E-state index >= 15 is 0 Å². The van der Waals surface area contributed by atoms with Gasteiger partial charge in [-0.2, -0.15) is 0 Å². The van der Waals surface area contributed by atoms with Crippen molar-refractivity contribution in [3.63, 3.8) is 0 Å². The fourth-order valence-corrected chi connectivity index (χ4v) is 3.80. The van der Waals surface area contributed by atoms with E-state index in [0.29, 0.717) is 6.54 Å². The fraction of sp³-hybridized carbons (Fsp3) is 0.263. The zero-order valence-electron chi connectivity index (χ0n) is 14.8. The SMILES string of the molecule is CC(C)c1nc(CN=[N+]=[N-])n(Cc2ccccn2)c1Sc1ccccc1. The number of azide groups is 1. The van der Waals surface area contributed by atoms with Gasteiger partial charge in [0.2, 0.25) is 0 Å². The van der Waals surface area contributed by atoms with Crippen LogP contribution in [0, 0.1) is 0 Å². The van der Waals surface area contributed by atoms with Crippen molar-refractivity contribution in [3.8, 4) is 0 Å². The van der Waals surface area contributed by atoms with E-state index in [2.05, 4.69) is 45.6 Å². The van der Waals surface area contributed by atoms with E-state index in [1.807, 2.05) is 36.4 Å². The summed E-state index contributed by atoms with van der Waals surface area (Å²) in [5.41, 5.74) is 10.7. The molecule has 3 aromatic rings. The zero-order chi connectivity index (χ0) is 18.4. The van der Waals surface area contributed by atoms with Gasteiger partial charge >= 0.3 is 0 Å². The van der Waals surface area contributed by atoms with Gasteiger partial charge in [-0.15, -0.1) is 0 Å². The molecule has 0 aliphatic rings. The van der Waals surface area contributed by atoms with Crippen molar-refractivity contribution in [2.45, 2.75) is 42.8 Å². The molecule has 0 unspecified atom stereocenters. The first-order valence-corrected chi connectivity index (χ1v) is 9.23. The molecule has 0 atom stereocenters. The molecule has 2 heterocycles. The van der Waals surface area contributed by atoms with E-state index in [0.717, 1.165) is 27.1 Å². The monoisotopic (exact) mass is 364 g/mol. The van der Waals surface area contributed by atoms with Crippen LogP contribution in [0.15, 0.2) is 69.8 Å². The maximum atomic E-state index is 8.73. The lowest BCUT2D eigenvalue weighted by atomic mass is 10.1. The highest BCUT2D eigenvalue weighted by Gasteiger charge is 2.20. The van der Waals surface area contributed by atoms with Gasteiger partial charge < -0.3 is 4.57 Å². The van der Waals surface area contributed by atoms with Crippen molar-refractivity contribution in [2.24, 2.45) is 5.11 Å². The minimum Gasteiger partial charge on any atom is -0.316 e. The number of pyridine rings is 1. The predicted octanol–water partition coefficient (Wildman–Crippen LogP) is 5.41. The number of benzene rings is 1. The minimum atomic E-state index is 0.221. The van der Waals surface area contributed by atoms with Crippen molar-refractivity contribution in [3.05, 3.63) is 82.4 Å². The second-order valence-corrected chi connectivity index (χ2v) is 7.15. The zero-order valence-corrected chi connectivity index (χ0v) is 15.6. The van der Waals surface area contributed by atoms with Crippen LogP contribution in [0.4, 0.5) is 0 Å². The first-order chi connectivity index (χ1) is 12.7. The lowest BCUT2D eigenvalue weighted by Gasteiger charge is -2.12. The Labute approximate surface area is 156 Å². The number of aromatic nitrogens is 3. The van der Waals surface area contributed by atoms with Gasteiger partial charge in [-0.1, -0.05) is 55.0 Å². The molecule has 26 heavy (non-hydrogen) atoms. The van der Waals surface area contributed by atoms with Crippen molar-refractivity contribution in [1.29, 1.82) is 0 Å². The van der Waals surface area contributed by atoms with E-state index in [4.69, 9.17) is 10.5 Å². The molecule has 0 spiro atoms. The molecule has 1 aromatic carbocycles. The van der Waals surface area contributed by atoms with Gasteiger partial charge in [0.05, 0.1) is 24.5 Å². The Balaban J connectivity index is 2.08. The molecule has 0 fully saturated rings. The summed E-state index contributed by atoms with van der Waals surface area (Å²) in [5.74, 6) is 1.02. The average molecular weight is 364 g/mol. The molecule has 6 nitrogen and oxygen atoms in total. The van der Waals surface area contributed by atoms with Gasteiger partial charge in [0.15, 0.2) is 0 Å². The molecule has 7 heteroatoms. The molecular weight excluding hydrogens is 344 g/mol. The molecule has 0 N–H and O–H groups in total. The fourth-order valence-electron chi connectivity index (χ4n) is 2.62. The summed E-state index contributed by atoms with van der Waals surface area (Å²) >= 11 is 1.68. The van der Waals surface area contributed by atoms with Gasteiger partial charge in [0.25, 0.3) is 0 Å². The van der Waals surface area contributed by atoms with Gasteiger partial charge in [0.1, 0.15) is 10.9 Å². The predicted molar refractivity (Wildman–Crippen MR) is 103 cm³/mol. The molecule has 0 amide bonds. The van der Waals surface area contributed by atoms with E-state index in [1.54, 1.807) is 18.0 Å². The first kappa shape index (κ1) is 18.0. The Bertz CT molecular complexity index is 899. The van der Waals surface area contributed by atoms with Crippen LogP contribution in [0.1, 0.15) is 37.0 Å². The highest BCUT2D eigenvalue weighted by Crippen LogP contribution is 2.35. The maximum absolute atomic E-state index is 8.73. The molecule has 132 valence electrons. The number of imidazole rings is 1. The number of nitrogens with zero attached hydrogens (tertiary/aromatic N) is 6. The third kappa shape index (κ3) is 4.25. The molecule has 0 aliphatic carbocycles. The summed E-state index contributed by atoms with van der Waals surface area (Å²) in [6, 6.07) is 16.1. The van der Waals surface area contributed by atoms with Crippen LogP contribution < -0.4 is 0 Å². The summed E-state index contributed by atoms with van der Waals surface area (Å²) in [5, 5.41) is 4.80. The van der Waals surface area contributed by atoms with Gasteiger partial charge in [-0.3, -0.25) is 4.98 Å². The molecule has 2 aromatic heterocycles. The normalized spacial score (nSPS) is 10.7. The van der Waals surface area contributed by atoms with Crippen LogP contribution in [0.5, 0.6) is 0 Å². The smallest absolute Gasteiger partial charge is 0.116 e. The van der Waals surface area contributed by atoms with Gasteiger partial charge in [0, 0.05) is 16.0 Å². The Hall–Kier alpha value is -2.76. The van der Waals surface area contributed by atoms with Crippen LogP contribution >= 0.6 is 11.8 Å². The van der Waals surface area contributed by atoms with Gasteiger partial charge in [-0.25, -0.2) is 4.98 Å². The second kappa shape index (κ2) is 8.56. The van der Waals surface area contributed by atoms with Crippen molar-refractivity contribution in [1.82, 2.24) is 14.5 Å².